The number of alkyl halides is 3. The van der Waals surface area contributed by atoms with Crippen LogP contribution in [0, 0.1) is 0 Å². The summed E-state index contributed by atoms with van der Waals surface area (Å²) >= 11 is 0. The van der Waals surface area contributed by atoms with Crippen LogP contribution in [0.25, 0.3) is 11.4 Å². The van der Waals surface area contributed by atoms with Gasteiger partial charge < -0.3 is 14.3 Å². The lowest BCUT2D eigenvalue weighted by Crippen LogP contribution is -2.49. The first-order valence-electron chi connectivity index (χ1n) is 10.3. The van der Waals surface area contributed by atoms with Crippen LogP contribution >= 0.6 is 0 Å². The molecule has 10 heteroatoms. The van der Waals surface area contributed by atoms with E-state index in [1.807, 2.05) is 28.0 Å². The van der Waals surface area contributed by atoms with Crippen molar-refractivity contribution in [2.45, 2.75) is 25.4 Å². The smallest absolute Gasteiger partial charge is 0.353 e. The van der Waals surface area contributed by atoms with Crippen LogP contribution in [0.15, 0.2) is 53.2 Å². The summed E-state index contributed by atoms with van der Waals surface area (Å²) in [4.78, 5) is 24.1. The van der Waals surface area contributed by atoms with Gasteiger partial charge in [-0.1, -0.05) is 35.5 Å². The summed E-state index contributed by atoms with van der Waals surface area (Å²) in [5, 5.41) is 3.36. The largest absolute Gasteiger partial charge is 0.471 e. The molecular weight excluding hydrogens is 423 g/mol. The Morgan fingerprint density at radius 3 is 2.41 bits per heavy atom. The third kappa shape index (κ3) is 5.24. The number of nitrogens with zero attached hydrogens (tertiary/aromatic N) is 5. The fourth-order valence-corrected chi connectivity index (χ4v) is 3.59. The maximum Gasteiger partial charge on any atom is 0.471 e. The zero-order valence-corrected chi connectivity index (χ0v) is 17.3. The van der Waals surface area contributed by atoms with Crippen LogP contribution in [-0.2, 0) is 17.4 Å². The molecule has 1 saturated heterocycles. The van der Waals surface area contributed by atoms with E-state index in [1.165, 1.54) is 11.8 Å². The number of piperazine rings is 1. The van der Waals surface area contributed by atoms with Gasteiger partial charge in [-0.2, -0.15) is 18.2 Å². The Hall–Kier alpha value is -3.43. The first kappa shape index (κ1) is 21.8. The Morgan fingerprint density at radius 1 is 1.03 bits per heavy atom. The molecule has 1 fully saturated rings. The minimum Gasteiger partial charge on any atom is -0.353 e. The number of carbonyl (C=O) groups excluding carboxylic acids is 1. The average molecular weight is 445 g/mol. The summed E-state index contributed by atoms with van der Waals surface area (Å²) in [6, 6.07) is 13.4. The van der Waals surface area contributed by atoms with Crippen LogP contribution in [0.1, 0.15) is 24.3 Å². The molecule has 4 rings (SSSR count). The van der Waals surface area contributed by atoms with Gasteiger partial charge in [0.15, 0.2) is 0 Å². The number of benzene rings is 1. The minimum atomic E-state index is -4.68. The molecule has 3 aromatic rings. The molecule has 1 aliphatic heterocycles. The number of amides is 1. The molecule has 1 amide bonds. The molecule has 0 saturated carbocycles. The van der Waals surface area contributed by atoms with E-state index < -0.39 is 12.1 Å². The number of hydrogen-bond donors (Lipinski definition) is 0. The fraction of sp³-hybridized carbons (Fsp3) is 0.364. The molecule has 32 heavy (non-hydrogen) atoms. The molecule has 7 nitrogen and oxygen atoms in total. The summed E-state index contributed by atoms with van der Waals surface area (Å²) in [7, 11) is 0. The number of aryl methyl sites for hydroxylation is 1. The van der Waals surface area contributed by atoms with Crippen molar-refractivity contribution >= 4 is 11.7 Å². The quantitative estimate of drug-likeness (QED) is 0.574. The summed E-state index contributed by atoms with van der Waals surface area (Å²) in [6.07, 6.45) is -1.04. The second-order valence-electron chi connectivity index (χ2n) is 7.53. The number of halogens is 3. The highest BCUT2D eigenvalue weighted by molar-refractivity contribution is 5.76. The maximum absolute atomic E-state index is 12.6. The van der Waals surface area contributed by atoms with Crippen molar-refractivity contribution in [3.63, 3.8) is 0 Å². The monoisotopic (exact) mass is 445 g/mol. The molecule has 0 atom stereocenters. The fourth-order valence-electron chi connectivity index (χ4n) is 3.59. The predicted octanol–water partition coefficient (Wildman–Crippen LogP) is 3.82. The van der Waals surface area contributed by atoms with E-state index in [9.17, 15) is 18.0 Å². The van der Waals surface area contributed by atoms with E-state index in [2.05, 4.69) is 31.8 Å². The van der Waals surface area contributed by atoms with E-state index in [0.29, 0.717) is 44.0 Å². The Morgan fingerprint density at radius 2 is 1.78 bits per heavy atom. The zero-order valence-electron chi connectivity index (χ0n) is 17.3. The Balaban J connectivity index is 1.26. The first-order valence-corrected chi connectivity index (χ1v) is 10.3. The summed E-state index contributed by atoms with van der Waals surface area (Å²) in [5.41, 5.74) is 1.57. The molecule has 168 valence electrons. The molecular formula is C22H22F3N5O2. The van der Waals surface area contributed by atoms with Gasteiger partial charge in [0, 0.05) is 44.4 Å². The van der Waals surface area contributed by atoms with Crippen LogP contribution < -0.4 is 4.90 Å². The highest BCUT2D eigenvalue weighted by Crippen LogP contribution is 2.29. The van der Waals surface area contributed by atoms with Crippen molar-refractivity contribution in [2.24, 2.45) is 0 Å². The number of carbonyl (C=O) groups is 1. The second-order valence-corrected chi connectivity index (χ2v) is 7.53. The highest BCUT2D eigenvalue weighted by Gasteiger charge is 2.38. The molecule has 3 heterocycles. The lowest BCUT2D eigenvalue weighted by molar-refractivity contribution is -0.159. The topological polar surface area (TPSA) is 75.4 Å². The van der Waals surface area contributed by atoms with Gasteiger partial charge in [-0.3, -0.25) is 4.79 Å². The molecule has 0 aliphatic carbocycles. The van der Waals surface area contributed by atoms with Crippen LogP contribution in [0.5, 0.6) is 0 Å². The Kier molecular flexibility index (Phi) is 6.38. The van der Waals surface area contributed by atoms with Crippen LogP contribution in [0.2, 0.25) is 0 Å². The summed E-state index contributed by atoms with van der Waals surface area (Å²) < 4.78 is 42.1. The first-order chi connectivity index (χ1) is 15.4. The Bertz CT molecular complexity index is 1030. The lowest BCUT2D eigenvalue weighted by Gasteiger charge is -2.35. The van der Waals surface area contributed by atoms with Crippen molar-refractivity contribution in [2.75, 3.05) is 31.1 Å². The van der Waals surface area contributed by atoms with Gasteiger partial charge in [-0.15, -0.1) is 0 Å². The molecule has 0 radical (unpaired) electrons. The van der Waals surface area contributed by atoms with Crippen LogP contribution in [-0.4, -0.2) is 52.1 Å². The minimum absolute atomic E-state index is 0.154. The number of aromatic nitrogens is 3. The SMILES string of the molecule is O=C(CCCc1ccccc1)N1CCN(c2ccc(-c3noc(C(F)(F)F)n3)cn2)CC1. The number of pyridine rings is 1. The van der Waals surface area contributed by atoms with Gasteiger partial charge in [0.2, 0.25) is 11.7 Å². The third-order valence-corrected chi connectivity index (χ3v) is 5.33. The van der Waals surface area contributed by atoms with E-state index >= 15 is 0 Å². The van der Waals surface area contributed by atoms with Crippen molar-refractivity contribution in [3.05, 3.63) is 60.1 Å². The molecule has 1 aromatic carbocycles. The van der Waals surface area contributed by atoms with Crippen molar-refractivity contribution in [3.8, 4) is 11.4 Å². The van der Waals surface area contributed by atoms with Crippen LogP contribution in [0.4, 0.5) is 19.0 Å². The van der Waals surface area contributed by atoms with Crippen LogP contribution in [0.3, 0.4) is 0 Å². The summed E-state index contributed by atoms with van der Waals surface area (Å²) in [5.74, 6) is -0.714. The predicted molar refractivity (Wildman–Crippen MR) is 111 cm³/mol. The normalized spacial score (nSPS) is 14.6. The molecule has 0 N–H and O–H groups in total. The third-order valence-electron chi connectivity index (χ3n) is 5.33. The van der Waals surface area contributed by atoms with E-state index in [0.717, 1.165) is 12.8 Å². The van der Waals surface area contributed by atoms with Gasteiger partial charge in [0.05, 0.1) is 0 Å². The Labute approximate surface area is 182 Å². The van der Waals surface area contributed by atoms with Crippen molar-refractivity contribution in [1.29, 1.82) is 0 Å². The lowest BCUT2D eigenvalue weighted by atomic mass is 10.1. The van der Waals surface area contributed by atoms with Gasteiger partial charge in [0.25, 0.3) is 0 Å². The molecule has 0 unspecified atom stereocenters. The number of anilines is 1. The summed E-state index contributed by atoms with van der Waals surface area (Å²) in [6.45, 7) is 2.48. The highest BCUT2D eigenvalue weighted by atomic mass is 19.4. The van der Waals surface area contributed by atoms with Gasteiger partial charge in [-0.05, 0) is 30.5 Å². The molecule has 0 spiro atoms. The van der Waals surface area contributed by atoms with Crippen molar-refractivity contribution < 1.29 is 22.5 Å². The van der Waals surface area contributed by atoms with Gasteiger partial charge >= 0.3 is 12.1 Å². The standard InChI is InChI=1S/C22H22F3N5O2/c23-22(24,25)21-27-20(28-32-21)17-9-10-18(26-15-17)29-11-13-30(14-12-29)19(31)8-4-7-16-5-2-1-3-6-16/h1-3,5-6,9-10,15H,4,7-8,11-14H2. The molecule has 0 bridgehead atoms. The van der Waals surface area contributed by atoms with Crippen molar-refractivity contribution in [1.82, 2.24) is 20.0 Å². The van der Waals surface area contributed by atoms with Gasteiger partial charge in [-0.25, -0.2) is 4.98 Å². The maximum atomic E-state index is 12.6. The number of hydrogen-bond acceptors (Lipinski definition) is 6. The second kappa shape index (κ2) is 9.37. The van der Waals surface area contributed by atoms with Gasteiger partial charge in [0.1, 0.15) is 5.82 Å². The van der Waals surface area contributed by atoms with E-state index in [1.54, 1.807) is 12.1 Å². The van der Waals surface area contributed by atoms with E-state index in [4.69, 9.17) is 0 Å². The zero-order chi connectivity index (χ0) is 22.6. The molecule has 2 aromatic heterocycles. The molecule has 1 aliphatic rings. The van der Waals surface area contributed by atoms with E-state index in [-0.39, 0.29) is 11.7 Å². The number of rotatable bonds is 6. The average Bonchev–Trinajstić information content (AvgIpc) is 3.31.